The Hall–Kier alpha value is -2.71. The molecule has 0 saturated heterocycles. The molecule has 0 heterocycles. The highest BCUT2D eigenvalue weighted by Gasteiger charge is 2.17. The predicted octanol–water partition coefficient (Wildman–Crippen LogP) is 2.38. The number of esters is 1. The minimum absolute atomic E-state index is 0.0408. The number of aryl methyl sites for hydroxylation is 2. The van der Waals surface area contributed by atoms with Crippen LogP contribution < -0.4 is 10.0 Å². The summed E-state index contributed by atoms with van der Waals surface area (Å²) in [5.41, 5.74) is 3.78. The first-order chi connectivity index (χ1) is 14.9. The number of benzene rings is 2. The standard InChI is InChI=1S/C23H28N2O5S/c1-30-23(27)19-8-6-17(7-9-19)12-14-24-22(26)13-15-25-31(28,29)21-11-10-18-4-2-3-5-20(18)16-21/h6-11,16,25H,2-5,12-15H2,1H3,(H,24,26). The van der Waals surface area contributed by atoms with E-state index < -0.39 is 16.0 Å². The van der Waals surface area contributed by atoms with Gasteiger partial charge in [-0.15, -0.1) is 0 Å². The number of carbonyl (C=O) groups excluding carboxylic acids is 2. The second-order valence-electron chi connectivity index (χ2n) is 7.57. The molecule has 166 valence electrons. The zero-order valence-corrected chi connectivity index (χ0v) is 18.5. The van der Waals surface area contributed by atoms with E-state index in [4.69, 9.17) is 0 Å². The molecule has 3 rings (SSSR count). The van der Waals surface area contributed by atoms with Gasteiger partial charge in [-0.05, 0) is 73.1 Å². The van der Waals surface area contributed by atoms with Gasteiger partial charge in [-0.1, -0.05) is 18.2 Å². The van der Waals surface area contributed by atoms with Crippen LogP contribution in [0.3, 0.4) is 0 Å². The Morgan fingerprint density at radius 3 is 2.39 bits per heavy atom. The third-order valence-corrected chi connectivity index (χ3v) is 6.84. The molecular formula is C23H28N2O5S. The summed E-state index contributed by atoms with van der Waals surface area (Å²) in [6.07, 6.45) is 4.80. The van der Waals surface area contributed by atoms with Gasteiger partial charge in [0.25, 0.3) is 0 Å². The molecule has 8 heteroatoms. The van der Waals surface area contributed by atoms with Gasteiger partial charge in [0.15, 0.2) is 0 Å². The van der Waals surface area contributed by atoms with Gasteiger partial charge in [-0.2, -0.15) is 0 Å². The molecule has 0 spiro atoms. The van der Waals surface area contributed by atoms with E-state index in [-0.39, 0.29) is 23.8 Å². The first-order valence-corrected chi connectivity index (χ1v) is 11.9. The lowest BCUT2D eigenvalue weighted by atomic mass is 9.92. The second kappa shape index (κ2) is 10.5. The Morgan fingerprint density at radius 2 is 1.68 bits per heavy atom. The van der Waals surface area contributed by atoms with Crippen LogP contribution in [-0.4, -0.2) is 40.5 Å². The summed E-state index contributed by atoms with van der Waals surface area (Å²) in [4.78, 5) is 23.7. The normalized spacial score (nSPS) is 13.3. The smallest absolute Gasteiger partial charge is 0.337 e. The van der Waals surface area contributed by atoms with Gasteiger partial charge in [0.1, 0.15) is 0 Å². The quantitative estimate of drug-likeness (QED) is 0.578. The fourth-order valence-corrected chi connectivity index (χ4v) is 4.70. The van der Waals surface area contributed by atoms with E-state index in [1.54, 1.807) is 24.3 Å². The monoisotopic (exact) mass is 444 g/mol. The highest BCUT2D eigenvalue weighted by atomic mass is 32.2. The molecule has 2 N–H and O–H groups in total. The summed E-state index contributed by atoms with van der Waals surface area (Å²) in [5.74, 6) is -0.614. The van der Waals surface area contributed by atoms with Crippen LogP contribution in [0.4, 0.5) is 0 Å². The number of methoxy groups -OCH3 is 1. The summed E-state index contributed by atoms with van der Waals surface area (Å²) in [6, 6.07) is 12.3. The molecule has 31 heavy (non-hydrogen) atoms. The number of carbonyl (C=O) groups is 2. The number of sulfonamides is 1. The molecule has 0 aliphatic heterocycles. The summed E-state index contributed by atoms with van der Waals surface area (Å²) in [7, 11) is -2.30. The van der Waals surface area contributed by atoms with Crippen molar-refractivity contribution >= 4 is 21.9 Å². The number of ether oxygens (including phenoxy) is 1. The number of amides is 1. The van der Waals surface area contributed by atoms with Crippen molar-refractivity contribution in [2.75, 3.05) is 20.2 Å². The highest BCUT2D eigenvalue weighted by Crippen LogP contribution is 2.24. The molecule has 2 aromatic rings. The number of rotatable bonds is 9. The van der Waals surface area contributed by atoms with Crippen LogP contribution in [0.15, 0.2) is 47.4 Å². The Balaban J connectivity index is 1.41. The van der Waals surface area contributed by atoms with Crippen LogP contribution in [0, 0.1) is 0 Å². The zero-order valence-electron chi connectivity index (χ0n) is 17.6. The highest BCUT2D eigenvalue weighted by molar-refractivity contribution is 7.89. The van der Waals surface area contributed by atoms with Gasteiger partial charge in [-0.25, -0.2) is 17.9 Å². The summed E-state index contributed by atoms with van der Waals surface area (Å²) < 4.78 is 32.2. The number of fused-ring (bicyclic) bond motifs is 1. The molecule has 0 bridgehead atoms. The van der Waals surface area contributed by atoms with Crippen LogP contribution >= 0.6 is 0 Å². The largest absolute Gasteiger partial charge is 0.465 e. The molecule has 0 fully saturated rings. The molecule has 0 aromatic heterocycles. The third kappa shape index (κ3) is 6.38. The van der Waals surface area contributed by atoms with Crippen LogP contribution in [0.25, 0.3) is 0 Å². The van der Waals surface area contributed by atoms with Gasteiger partial charge in [0.2, 0.25) is 15.9 Å². The second-order valence-corrected chi connectivity index (χ2v) is 9.34. The number of nitrogens with one attached hydrogen (secondary N) is 2. The Bertz CT molecular complexity index is 1030. The van der Waals surface area contributed by atoms with Gasteiger partial charge >= 0.3 is 5.97 Å². The van der Waals surface area contributed by atoms with Crippen molar-refractivity contribution in [1.29, 1.82) is 0 Å². The lowest BCUT2D eigenvalue weighted by Crippen LogP contribution is -2.31. The minimum atomic E-state index is -3.63. The summed E-state index contributed by atoms with van der Waals surface area (Å²) in [6.45, 7) is 0.465. The van der Waals surface area contributed by atoms with Gasteiger partial charge in [0.05, 0.1) is 17.6 Å². The van der Waals surface area contributed by atoms with E-state index in [0.29, 0.717) is 18.5 Å². The molecule has 0 saturated carbocycles. The number of hydrogen-bond donors (Lipinski definition) is 2. The first-order valence-electron chi connectivity index (χ1n) is 10.4. The maximum Gasteiger partial charge on any atom is 0.337 e. The fraction of sp³-hybridized carbons (Fsp3) is 0.391. The van der Waals surface area contributed by atoms with Crippen molar-refractivity contribution < 1.29 is 22.7 Å². The van der Waals surface area contributed by atoms with Crippen molar-refractivity contribution in [2.24, 2.45) is 0 Å². The zero-order chi connectivity index (χ0) is 22.3. The molecule has 0 atom stereocenters. The molecule has 1 amide bonds. The Kier molecular flexibility index (Phi) is 7.81. The van der Waals surface area contributed by atoms with E-state index in [9.17, 15) is 18.0 Å². The first kappa shape index (κ1) is 23.0. The minimum Gasteiger partial charge on any atom is -0.465 e. The maximum atomic E-state index is 12.5. The van der Waals surface area contributed by atoms with Crippen molar-refractivity contribution in [3.8, 4) is 0 Å². The van der Waals surface area contributed by atoms with Gasteiger partial charge < -0.3 is 10.1 Å². The van der Waals surface area contributed by atoms with E-state index in [0.717, 1.165) is 36.8 Å². The van der Waals surface area contributed by atoms with E-state index in [1.807, 2.05) is 18.2 Å². The number of hydrogen-bond acceptors (Lipinski definition) is 5. The third-order valence-electron chi connectivity index (χ3n) is 5.39. The molecule has 1 aliphatic rings. The molecular weight excluding hydrogens is 416 g/mol. The SMILES string of the molecule is COC(=O)c1ccc(CCNC(=O)CCNS(=O)(=O)c2ccc3c(c2)CCCC3)cc1. The predicted molar refractivity (Wildman–Crippen MR) is 117 cm³/mol. The maximum absolute atomic E-state index is 12.5. The van der Waals surface area contributed by atoms with E-state index in [1.165, 1.54) is 12.7 Å². The molecule has 0 unspecified atom stereocenters. The lowest BCUT2D eigenvalue weighted by Gasteiger charge is -2.16. The topological polar surface area (TPSA) is 102 Å². The average molecular weight is 445 g/mol. The average Bonchev–Trinajstić information content (AvgIpc) is 2.78. The lowest BCUT2D eigenvalue weighted by molar-refractivity contribution is -0.120. The Morgan fingerprint density at radius 1 is 0.968 bits per heavy atom. The summed E-state index contributed by atoms with van der Waals surface area (Å²) in [5, 5.41) is 2.78. The van der Waals surface area contributed by atoms with Crippen molar-refractivity contribution in [2.45, 2.75) is 43.4 Å². The molecule has 7 nitrogen and oxygen atoms in total. The van der Waals surface area contributed by atoms with Crippen LogP contribution in [0.1, 0.15) is 46.3 Å². The van der Waals surface area contributed by atoms with Crippen LogP contribution in [0.2, 0.25) is 0 Å². The Labute approximate surface area is 183 Å². The van der Waals surface area contributed by atoms with Crippen molar-refractivity contribution in [3.63, 3.8) is 0 Å². The molecule has 1 aliphatic carbocycles. The molecule has 2 aromatic carbocycles. The molecule has 0 radical (unpaired) electrons. The van der Waals surface area contributed by atoms with Crippen molar-refractivity contribution in [3.05, 3.63) is 64.7 Å². The van der Waals surface area contributed by atoms with E-state index >= 15 is 0 Å². The van der Waals surface area contributed by atoms with Crippen molar-refractivity contribution in [1.82, 2.24) is 10.0 Å². The summed E-state index contributed by atoms with van der Waals surface area (Å²) >= 11 is 0. The van der Waals surface area contributed by atoms with Crippen LogP contribution in [-0.2, 0) is 38.8 Å². The fourth-order valence-electron chi connectivity index (χ4n) is 3.62. The van der Waals surface area contributed by atoms with E-state index in [2.05, 4.69) is 14.8 Å². The van der Waals surface area contributed by atoms with Crippen LogP contribution in [0.5, 0.6) is 0 Å². The van der Waals surface area contributed by atoms with Gasteiger partial charge in [-0.3, -0.25) is 4.79 Å². The van der Waals surface area contributed by atoms with Gasteiger partial charge in [0, 0.05) is 19.5 Å².